The zero-order valence-corrected chi connectivity index (χ0v) is 30.0. The van der Waals surface area contributed by atoms with Crippen LogP contribution in [0.4, 0.5) is 22.7 Å². The number of hydrogen-bond donors (Lipinski definition) is 2. The van der Waals surface area contributed by atoms with E-state index in [2.05, 4.69) is 10.6 Å². The molecule has 2 N–H and O–H groups in total. The van der Waals surface area contributed by atoms with E-state index in [0.717, 1.165) is 45.0 Å². The molecular weight excluding hydrogens is 652 g/mol. The van der Waals surface area contributed by atoms with Crippen molar-refractivity contribution >= 4 is 47.1 Å². The Labute approximate surface area is 306 Å². The molecule has 3 heterocycles. The first kappa shape index (κ1) is 37.4. The molecule has 0 bridgehead atoms. The Morgan fingerprint density at radius 1 is 0.596 bits per heavy atom. The fourth-order valence-electron chi connectivity index (χ4n) is 5.57. The molecule has 0 radical (unpaired) electrons. The van der Waals surface area contributed by atoms with E-state index in [4.69, 9.17) is 19.5 Å². The van der Waals surface area contributed by atoms with Crippen LogP contribution in [0.3, 0.4) is 0 Å². The number of para-hydroxylation sites is 4. The van der Waals surface area contributed by atoms with Crippen molar-refractivity contribution in [3.63, 3.8) is 0 Å². The van der Waals surface area contributed by atoms with Gasteiger partial charge in [0, 0.05) is 60.9 Å². The topological polar surface area (TPSA) is 109 Å². The van der Waals surface area contributed by atoms with E-state index in [-0.39, 0.29) is 11.9 Å². The normalized spacial score (nSPS) is 14.6. The van der Waals surface area contributed by atoms with Gasteiger partial charge in [-0.2, -0.15) is 0 Å². The van der Waals surface area contributed by atoms with Crippen LogP contribution in [0.25, 0.3) is 0 Å². The van der Waals surface area contributed by atoms with Gasteiger partial charge in [0.15, 0.2) is 24.8 Å². The lowest BCUT2D eigenvalue weighted by Gasteiger charge is -2.11. The van der Waals surface area contributed by atoms with Gasteiger partial charge in [0.1, 0.15) is 14.1 Å². The van der Waals surface area contributed by atoms with Gasteiger partial charge in [0.05, 0.1) is 36.0 Å². The average Bonchev–Trinajstić information content (AvgIpc) is 3.15. The third-order valence-corrected chi connectivity index (χ3v) is 8.36. The number of esters is 2. The van der Waals surface area contributed by atoms with Crippen LogP contribution in [0.5, 0.6) is 0 Å². The number of aryl methyl sites for hydroxylation is 4. The van der Waals surface area contributed by atoms with Gasteiger partial charge < -0.3 is 20.1 Å². The minimum absolute atomic E-state index is 0.202. The Morgan fingerprint density at radius 2 is 1.04 bits per heavy atom. The second-order valence-corrected chi connectivity index (χ2v) is 12.7. The van der Waals surface area contributed by atoms with Crippen molar-refractivity contribution in [1.82, 2.24) is 0 Å². The molecule has 1 aliphatic heterocycles. The van der Waals surface area contributed by atoms with Crippen molar-refractivity contribution in [3.05, 3.63) is 132 Å². The van der Waals surface area contributed by atoms with E-state index in [1.165, 1.54) is 0 Å². The average molecular weight is 701 g/mol. The highest BCUT2D eigenvalue weighted by Gasteiger charge is 2.09. The number of benzene rings is 2. The minimum Gasteiger partial charge on any atom is -0.466 e. The first-order valence-corrected chi connectivity index (χ1v) is 17.8. The Bertz CT molecular complexity index is 1790. The van der Waals surface area contributed by atoms with Gasteiger partial charge in [-0.25, -0.2) is 9.13 Å². The molecule has 0 atom stereocenters. The molecule has 268 valence electrons. The molecule has 10 heteroatoms. The van der Waals surface area contributed by atoms with Crippen LogP contribution in [0.2, 0.25) is 0 Å². The highest BCUT2D eigenvalue weighted by atomic mass is 16.5. The van der Waals surface area contributed by atoms with Crippen molar-refractivity contribution < 1.29 is 28.2 Å². The summed E-state index contributed by atoms with van der Waals surface area (Å²) in [4.78, 5) is 34.5. The van der Waals surface area contributed by atoms with E-state index in [9.17, 15) is 9.59 Å². The van der Waals surface area contributed by atoms with Crippen molar-refractivity contribution in [2.75, 3.05) is 23.8 Å². The molecule has 5 rings (SSSR count). The second-order valence-electron chi connectivity index (χ2n) is 12.7. The molecule has 0 unspecified atom stereocenters. The van der Waals surface area contributed by atoms with Crippen LogP contribution in [-0.2, 0) is 46.0 Å². The summed E-state index contributed by atoms with van der Waals surface area (Å²) in [5, 5.41) is 6.84. The summed E-state index contributed by atoms with van der Waals surface area (Å²) in [6.07, 6.45) is 20.1. The van der Waals surface area contributed by atoms with Gasteiger partial charge in [0.25, 0.3) is 0 Å². The van der Waals surface area contributed by atoms with E-state index < -0.39 is 0 Å². The van der Waals surface area contributed by atoms with Crippen molar-refractivity contribution in [1.29, 1.82) is 0 Å². The molecule has 0 amide bonds. The molecule has 2 aromatic heterocycles. The Hall–Kier alpha value is -5.90. The van der Waals surface area contributed by atoms with Gasteiger partial charge in [-0.1, -0.05) is 24.3 Å². The summed E-state index contributed by atoms with van der Waals surface area (Å²) in [5.74, 6) is -0.404. The fraction of sp³-hybridized carbons (Fsp3) is 0.286. The summed E-state index contributed by atoms with van der Waals surface area (Å²) in [6, 6.07) is 23.7. The molecule has 0 aliphatic carbocycles. The van der Waals surface area contributed by atoms with Crippen molar-refractivity contribution in [2.24, 2.45) is 24.1 Å². The van der Waals surface area contributed by atoms with E-state index in [0.29, 0.717) is 64.6 Å². The smallest absolute Gasteiger partial charge is 0.306 e. The number of nitrogens with one attached hydrogen (secondary N) is 2. The van der Waals surface area contributed by atoms with Gasteiger partial charge in [-0.05, 0) is 86.1 Å². The Morgan fingerprint density at radius 3 is 1.48 bits per heavy atom. The maximum atomic E-state index is 12.4. The summed E-state index contributed by atoms with van der Waals surface area (Å²) in [7, 11) is 3.93. The van der Waals surface area contributed by atoms with Crippen LogP contribution in [0.15, 0.2) is 131 Å². The lowest BCUT2D eigenvalue weighted by molar-refractivity contribution is -0.672. The number of fused-ring (bicyclic) bond motifs is 2. The summed E-state index contributed by atoms with van der Waals surface area (Å²) >= 11 is 0. The molecule has 2 aromatic carbocycles. The number of anilines is 2. The monoisotopic (exact) mass is 700 g/mol. The van der Waals surface area contributed by atoms with E-state index in [1.807, 2.05) is 146 Å². The number of carbonyl (C=O) groups excluding carboxylic acids is 2. The summed E-state index contributed by atoms with van der Waals surface area (Å²) < 4.78 is 15.1. The van der Waals surface area contributed by atoms with Gasteiger partial charge in [-0.15, -0.1) is 0 Å². The number of carbonyl (C=O) groups is 2. The summed E-state index contributed by atoms with van der Waals surface area (Å²) in [6.45, 7) is 0.649. The predicted molar refractivity (Wildman–Crippen MR) is 205 cm³/mol. The Kier molecular flexibility index (Phi) is 14.4. The molecule has 10 nitrogen and oxygen atoms in total. The second kappa shape index (κ2) is 20.1. The quantitative estimate of drug-likeness (QED) is 0.0837. The Balaban J connectivity index is 1.19. The van der Waals surface area contributed by atoms with Gasteiger partial charge in [0.2, 0.25) is 0 Å². The highest BCUT2D eigenvalue weighted by Crippen LogP contribution is 2.27. The summed E-state index contributed by atoms with van der Waals surface area (Å²) in [5.41, 5.74) is 7.34. The number of pyridine rings is 2. The van der Waals surface area contributed by atoms with Crippen molar-refractivity contribution in [3.8, 4) is 0 Å². The number of nitrogens with zero attached hydrogens (tertiary/aromatic N) is 4. The van der Waals surface area contributed by atoms with E-state index in [1.54, 1.807) is 0 Å². The zero-order valence-electron chi connectivity index (χ0n) is 30.0. The SMILES string of the molecule is C[n+]1cccc(CCC(=O)OCCC/C2=C/Nc3ccccc3N=C/C(CCCOC(=O)CCc3ccc[n+](C)c3)=C\Nc3ccccc3N=C2)c1. The van der Waals surface area contributed by atoms with Gasteiger partial charge in [-0.3, -0.25) is 19.6 Å². The number of allylic oxidation sites excluding steroid dienone is 2. The molecular formula is C42H48N6O4+2. The van der Waals surface area contributed by atoms with Crippen LogP contribution in [0, 0.1) is 0 Å². The highest BCUT2D eigenvalue weighted by molar-refractivity contribution is 5.87. The van der Waals surface area contributed by atoms with Gasteiger partial charge >= 0.3 is 11.9 Å². The fourth-order valence-corrected chi connectivity index (χ4v) is 5.57. The predicted octanol–water partition coefficient (Wildman–Crippen LogP) is 6.96. The molecule has 4 aromatic rings. The molecule has 1 aliphatic rings. The van der Waals surface area contributed by atoms with Crippen LogP contribution < -0.4 is 19.8 Å². The van der Waals surface area contributed by atoms with Crippen LogP contribution in [0.1, 0.15) is 49.7 Å². The maximum absolute atomic E-state index is 12.4. The number of hydrogen-bond acceptors (Lipinski definition) is 8. The molecule has 52 heavy (non-hydrogen) atoms. The lowest BCUT2D eigenvalue weighted by Crippen LogP contribution is -2.27. The third-order valence-electron chi connectivity index (χ3n) is 8.36. The maximum Gasteiger partial charge on any atom is 0.306 e. The minimum atomic E-state index is -0.202. The van der Waals surface area contributed by atoms with Crippen molar-refractivity contribution in [2.45, 2.75) is 51.4 Å². The lowest BCUT2D eigenvalue weighted by atomic mass is 10.1. The molecule has 0 spiro atoms. The van der Waals surface area contributed by atoms with Crippen LogP contribution >= 0.6 is 0 Å². The largest absolute Gasteiger partial charge is 0.466 e. The molecule has 0 saturated heterocycles. The number of aliphatic imine (C=N–C) groups is 2. The first-order valence-electron chi connectivity index (χ1n) is 17.8. The number of ether oxygens (including phenoxy) is 2. The number of rotatable bonds is 14. The molecule has 0 saturated carbocycles. The number of aromatic nitrogens is 2. The zero-order chi connectivity index (χ0) is 36.4. The molecule has 0 fully saturated rings. The first-order chi connectivity index (χ1) is 25.4. The third kappa shape index (κ3) is 12.8. The van der Waals surface area contributed by atoms with E-state index >= 15 is 0 Å². The standard InChI is InChI=1S/C42H48N6O4/c1-47-23-7-11-33(31-47)19-21-41(49)51-25-9-13-35-27-43-37-15-3-5-17-39(37)45-29-36(30-46-40-18-6-4-16-38(40)44-28-35)14-10-26-52-42(50)22-20-34-12-8-24-48(2)32-34/h3-8,11-12,15-18,23-24,27-32,43,46H,9-10,13-14,19-22,25-26H2,1-2H3/q+2/b35-27-,36-30-,44-28?,45-29?. The van der Waals surface area contributed by atoms with Crippen LogP contribution in [-0.4, -0.2) is 37.6 Å².